The van der Waals surface area contributed by atoms with E-state index in [9.17, 15) is 9.18 Å². The summed E-state index contributed by atoms with van der Waals surface area (Å²) >= 11 is 0. The Kier molecular flexibility index (Phi) is 4.82. The molecule has 21 heavy (non-hydrogen) atoms. The molecule has 0 saturated heterocycles. The standard InChI is InChI=1S/C11H12N2O.C6H5F/c1-8(2)13-6-9(7-14)10-4-3-5-12-11(10)13;7-6-4-2-1-3-5-6/h3-8H,1-2H3;1-5H. The maximum atomic E-state index is 11.9. The highest BCUT2D eigenvalue weighted by Crippen LogP contribution is 2.21. The monoisotopic (exact) mass is 284 g/mol. The number of rotatable bonds is 2. The van der Waals surface area contributed by atoms with Crippen molar-refractivity contribution in [3.8, 4) is 0 Å². The molecule has 0 N–H and O–H groups in total. The molecule has 0 fully saturated rings. The average Bonchev–Trinajstić information content (AvgIpc) is 2.88. The van der Waals surface area contributed by atoms with Crippen molar-refractivity contribution in [1.82, 2.24) is 9.55 Å². The van der Waals surface area contributed by atoms with Gasteiger partial charge >= 0.3 is 0 Å². The Balaban J connectivity index is 0.000000194. The SMILES string of the molecule is CC(C)n1cc(C=O)c2cccnc21.Fc1ccccc1. The molecule has 0 aliphatic carbocycles. The van der Waals surface area contributed by atoms with Gasteiger partial charge in [-0.15, -0.1) is 0 Å². The summed E-state index contributed by atoms with van der Waals surface area (Å²) in [4.78, 5) is 15.1. The second kappa shape index (κ2) is 6.79. The van der Waals surface area contributed by atoms with Crippen molar-refractivity contribution in [3.05, 3.63) is 66.2 Å². The lowest BCUT2D eigenvalue weighted by atomic mass is 10.2. The normalized spacial score (nSPS) is 10.3. The maximum absolute atomic E-state index is 11.9. The quantitative estimate of drug-likeness (QED) is 0.659. The number of pyridine rings is 1. The summed E-state index contributed by atoms with van der Waals surface area (Å²) in [7, 11) is 0. The Morgan fingerprint density at radius 2 is 1.86 bits per heavy atom. The number of carbonyl (C=O) groups excluding carboxylic acids is 1. The van der Waals surface area contributed by atoms with E-state index in [1.54, 1.807) is 24.4 Å². The second-order valence-corrected chi connectivity index (χ2v) is 4.87. The summed E-state index contributed by atoms with van der Waals surface area (Å²) in [5.74, 6) is -0.178. The number of fused-ring (bicyclic) bond motifs is 1. The molecule has 0 aliphatic heterocycles. The van der Waals surface area contributed by atoms with Gasteiger partial charge in [-0.1, -0.05) is 18.2 Å². The molecule has 0 amide bonds. The highest BCUT2D eigenvalue weighted by Gasteiger charge is 2.09. The van der Waals surface area contributed by atoms with Crippen molar-refractivity contribution in [2.24, 2.45) is 0 Å². The van der Waals surface area contributed by atoms with E-state index < -0.39 is 0 Å². The third kappa shape index (κ3) is 3.54. The summed E-state index contributed by atoms with van der Waals surface area (Å²) in [5, 5.41) is 0.927. The molecular formula is C17H17FN2O. The number of halogens is 1. The zero-order valence-electron chi connectivity index (χ0n) is 12.0. The molecule has 3 aromatic rings. The van der Waals surface area contributed by atoms with Gasteiger partial charge in [0.25, 0.3) is 0 Å². The number of aromatic nitrogens is 2. The van der Waals surface area contributed by atoms with Crippen molar-refractivity contribution in [2.75, 3.05) is 0 Å². The van der Waals surface area contributed by atoms with Crippen LogP contribution < -0.4 is 0 Å². The molecule has 4 heteroatoms. The van der Waals surface area contributed by atoms with Gasteiger partial charge in [0.2, 0.25) is 0 Å². The number of nitrogens with zero attached hydrogens (tertiary/aromatic N) is 2. The van der Waals surface area contributed by atoms with Crippen LogP contribution in [0.4, 0.5) is 4.39 Å². The molecule has 0 saturated carbocycles. The van der Waals surface area contributed by atoms with Crippen LogP contribution in [-0.4, -0.2) is 15.8 Å². The number of hydrogen-bond donors (Lipinski definition) is 0. The predicted octanol–water partition coefficient (Wildman–Crippen LogP) is 4.26. The highest BCUT2D eigenvalue weighted by molar-refractivity contribution is 5.95. The largest absolute Gasteiger partial charge is 0.329 e. The van der Waals surface area contributed by atoms with Gasteiger partial charge in [-0.25, -0.2) is 9.37 Å². The van der Waals surface area contributed by atoms with E-state index in [1.807, 2.05) is 22.9 Å². The van der Waals surface area contributed by atoms with Gasteiger partial charge in [0.1, 0.15) is 11.5 Å². The lowest BCUT2D eigenvalue weighted by Gasteiger charge is -2.07. The Morgan fingerprint density at radius 1 is 1.14 bits per heavy atom. The highest BCUT2D eigenvalue weighted by atomic mass is 19.1. The first kappa shape index (κ1) is 14.9. The van der Waals surface area contributed by atoms with E-state index in [4.69, 9.17) is 0 Å². The van der Waals surface area contributed by atoms with Crippen molar-refractivity contribution >= 4 is 17.3 Å². The number of hydrogen-bond acceptors (Lipinski definition) is 2. The van der Waals surface area contributed by atoms with E-state index in [-0.39, 0.29) is 5.82 Å². The molecule has 3 rings (SSSR count). The van der Waals surface area contributed by atoms with Crippen molar-refractivity contribution in [3.63, 3.8) is 0 Å². The zero-order chi connectivity index (χ0) is 15.2. The molecule has 1 aromatic carbocycles. The topological polar surface area (TPSA) is 34.9 Å². The van der Waals surface area contributed by atoms with Gasteiger partial charge in [0.05, 0.1) is 0 Å². The molecule has 0 bridgehead atoms. The van der Waals surface area contributed by atoms with Crippen LogP contribution >= 0.6 is 0 Å². The van der Waals surface area contributed by atoms with Crippen LogP contribution in [0, 0.1) is 5.82 Å². The number of aldehydes is 1. The van der Waals surface area contributed by atoms with E-state index in [0.717, 1.165) is 17.3 Å². The van der Waals surface area contributed by atoms with E-state index >= 15 is 0 Å². The molecule has 0 unspecified atom stereocenters. The smallest absolute Gasteiger partial charge is 0.152 e. The third-order valence-electron chi connectivity index (χ3n) is 3.04. The molecule has 108 valence electrons. The Hall–Kier alpha value is -2.49. The van der Waals surface area contributed by atoms with Crippen LogP contribution in [0.5, 0.6) is 0 Å². The van der Waals surface area contributed by atoms with Crippen molar-refractivity contribution in [2.45, 2.75) is 19.9 Å². The summed E-state index contributed by atoms with van der Waals surface area (Å²) in [6, 6.07) is 12.0. The first-order chi connectivity index (χ1) is 10.1. The first-order valence-corrected chi connectivity index (χ1v) is 6.74. The average molecular weight is 284 g/mol. The minimum Gasteiger partial charge on any atom is -0.329 e. The summed E-state index contributed by atoms with van der Waals surface area (Å²) in [6.07, 6.45) is 4.48. The van der Waals surface area contributed by atoms with Gasteiger partial charge in [-0.05, 0) is 38.1 Å². The molecule has 2 heterocycles. The molecule has 2 aromatic heterocycles. The Morgan fingerprint density at radius 3 is 2.38 bits per heavy atom. The van der Waals surface area contributed by atoms with E-state index in [1.165, 1.54) is 12.1 Å². The van der Waals surface area contributed by atoms with Gasteiger partial charge in [0.15, 0.2) is 6.29 Å². The van der Waals surface area contributed by atoms with Crippen LogP contribution in [-0.2, 0) is 0 Å². The van der Waals surface area contributed by atoms with Crippen LogP contribution in [0.2, 0.25) is 0 Å². The summed E-state index contributed by atoms with van der Waals surface area (Å²) < 4.78 is 13.9. The fraction of sp³-hybridized carbons (Fsp3) is 0.176. The lowest BCUT2D eigenvalue weighted by molar-refractivity contribution is 0.112. The molecule has 0 spiro atoms. The van der Waals surface area contributed by atoms with E-state index in [2.05, 4.69) is 18.8 Å². The van der Waals surface area contributed by atoms with Gasteiger partial charge in [0, 0.05) is 29.4 Å². The molecular weight excluding hydrogens is 267 g/mol. The van der Waals surface area contributed by atoms with Crippen molar-refractivity contribution < 1.29 is 9.18 Å². The maximum Gasteiger partial charge on any atom is 0.152 e. The van der Waals surface area contributed by atoms with E-state index in [0.29, 0.717) is 11.6 Å². The van der Waals surface area contributed by atoms with Crippen LogP contribution in [0.25, 0.3) is 11.0 Å². The summed E-state index contributed by atoms with van der Waals surface area (Å²) in [5.41, 5.74) is 1.59. The first-order valence-electron chi connectivity index (χ1n) is 6.74. The second-order valence-electron chi connectivity index (χ2n) is 4.87. The van der Waals surface area contributed by atoms with Gasteiger partial charge in [-0.3, -0.25) is 4.79 Å². The predicted molar refractivity (Wildman–Crippen MR) is 81.9 cm³/mol. The van der Waals surface area contributed by atoms with Crippen LogP contribution in [0.1, 0.15) is 30.2 Å². The number of carbonyl (C=O) groups is 1. The molecule has 0 atom stereocenters. The third-order valence-corrected chi connectivity index (χ3v) is 3.04. The minimum atomic E-state index is -0.178. The Bertz CT molecular complexity index is 720. The van der Waals surface area contributed by atoms with Crippen LogP contribution in [0.3, 0.4) is 0 Å². The van der Waals surface area contributed by atoms with Crippen molar-refractivity contribution in [1.29, 1.82) is 0 Å². The molecule has 0 radical (unpaired) electrons. The lowest BCUT2D eigenvalue weighted by Crippen LogP contribution is -1.99. The molecule has 0 aliphatic rings. The summed E-state index contributed by atoms with van der Waals surface area (Å²) in [6.45, 7) is 4.14. The minimum absolute atomic E-state index is 0.178. The van der Waals surface area contributed by atoms with Gasteiger partial charge in [-0.2, -0.15) is 0 Å². The fourth-order valence-corrected chi connectivity index (χ4v) is 2.01. The van der Waals surface area contributed by atoms with Gasteiger partial charge < -0.3 is 4.57 Å². The molecule has 3 nitrogen and oxygen atoms in total. The fourth-order valence-electron chi connectivity index (χ4n) is 2.01. The Labute approximate surface area is 123 Å². The van der Waals surface area contributed by atoms with Crippen LogP contribution in [0.15, 0.2) is 54.9 Å². The zero-order valence-corrected chi connectivity index (χ0v) is 12.0. The number of benzene rings is 1.